The van der Waals surface area contributed by atoms with E-state index in [4.69, 9.17) is 16.7 Å². The Kier molecular flexibility index (Phi) is 5.63. The first-order chi connectivity index (χ1) is 4.66. The highest BCUT2D eigenvalue weighted by molar-refractivity contribution is 7.85. The molecular weight excluding hydrogens is 176 g/mol. The fraction of sp³-hybridized carbons (Fsp3) is 0.800. The molecule has 60 valence electrons. The van der Waals surface area contributed by atoms with Gasteiger partial charge in [-0.2, -0.15) is 0 Å². The summed E-state index contributed by atoms with van der Waals surface area (Å²) in [6.07, 6.45) is -0.0382. The Balaban J connectivity index is 3.30. The smallest absolute Gasteiger partial charge is 0.304 e. The minimum atomic E-state index is -1.05. The van der Waals surface area contributed by atoms with E-state index in [1.807, 2.05) is 0 Å². The Labute approximate surface area is 66.8 Å². The van der Waals surface area contributed by atoms with E-state index in [1.165, 1.54) is 0 Å². The zero-order valence-corrected chi connectivity index (χ0v) is 6.95. The predicted molar refractivity (Wildman–Crippen MR) is 40.8 cm³/mol. The van der Waals surface area contributed by atoms with E-state index in [0.717, 1.165) is 0 Å². The number of carboxylic acid groups (broad SMARTS) is 1. The first-order valence-electron chi connectivity index (χ1n) is 2.79. The molecule has 0 aromatic rings. The summed E-state index contributed by atoms with van der Waals surface area (Å²) in [6, 6.07) is 0. The molecule has 3 nitrogen and oxygen atoms in total. The number of rotatable bonds is 5. The van der Waals surface area contributed by atoms with Crippen LogP contribution in [0.3, 0.4) is 0 Å². The number of halogens is 1. The number of hydrogen-bond donors (Lipinski definition) is 1. The molecule has 0 radical (unpaired) electrons. The lowest BCUT2D eigenvalue weighted by atomic mass is 10.5. The van der Waals surface area contributed by atoms with Gasteiger partial charge in [-0.05, 0) is 0 Å². The normalized spacial score (nSPS) is 12.9. The molecule has 0 aliphatic rings. The third-order valence-electron chi connectivity index (χ3n) is 0.848. The van der Waals surface area contributed by atoms with E-state index in [9.17, 15) is 9.00 Å². The molecule has 0 saturated heterocycles. The summed E-state index contributed by atoms with van der Waals surface area (Å²) in [5.41, 5.74) is 0. The standard InChI is InChI=1S/C5H9ClO3S/c6-2-4-10(9)3-1-5(7)8/h1-4H2,(H,7,8). The molecule has 0 amide bonds. The molecule has 0 heterocycles. The first kappa shape index (κ1) is 9.91. The molecule has 0 bridgehead atoms. The molecule has 1 N–H and O–H groups in total. The molecule has 0 spiro atoms. The molecule has 1 unspecified atom stereocenters. The summed E-state index contributed by atoms with van der Waals surface area (Å²) in [5.74, 6) is 0.00580. The Bertz CT molecular complexity index is 137. The van der Waals surface area contributed by atoms with Crippen LogP contribution in [0, 0.1) is 0 Å². The van der Waals surface area contributed by atoms with Gasteiger partial charge in [-0.1, -0.05) is 0 Å². The van der Waals surface area contributed by atoms with Crippen LogP contribution in [-0.2, 0) is 15.6 Å². The maximum atomic E-state index is 10.7. The van der Waals surface area contributed by atoms with Gasteiger partial charge in [-0.25, -0.2) is 0 Å². The Morgan fingerprint density at radius 2 is 2.10 bits per heavy atom. The van der Waals surface area contributed by atoms with Gasteiger partial charge in [0.15, 0.2) is 0 Å². The molecule has 0 aromatic carbocycles. The Morgan fingerprint density at radius 3 is 2.50 bits per heavy atom. The molecule has 5 heteroatoms. The van der Waals surface area contributed by atoms with Gasteiger partial charge in [0.2, 0.25) is 0 Å². The van der Waals surface area contributed by atoms with Crippen LogP contribution in [0.1, 0.15) is 6.42 Å². The van der Waals surface area contributed by atoms with Crippen LogP contribution in [-0.4, -0.2) is 32.7 Å². The van der Waals surface area contributed by atoms with Crippen molar-refractivity contribution in [2.24, 2.45) is 0 Å². The summed E-state index contributed by atoms with van der Waals surface area (Å²) in [7, 11) is -1.05. The van der Waals surface area contributed by atoms with Gasteiger partial charge < -0.3 is 5.11 Å². The summed E-state index contributed by atoms with van der Waals surface area (Å²) < 4.78 is 10.7. The van der Waals surface area contributed by atoms with Crippen LogP contribution < -0.4 is 0 Å². The minimum Gasteiger partial charge on any atom is -0.481 e. The number of carbonyl (C=O) groups is 1. The van der Waals surface area contributed by atoms with Crippen LogP contribution in [0.2, 0.25) is 0 Å². The van der Waals surface area contributed by atoms with Crippen LogP contribution in [0.4, 0.5) is 0 Å². The van der Waals surface area contributed by atoms with Gasteiger partial charge >= 0.3 is 5.97 Å². The third-order valence-corrected chi connectivity index (χ3v) is 2.58. The van der Waals surface area contributed by atoms with E-state index in [1.54, 1.807) is 0 Å². The van der Waals surface area contributed by atoms with Crippen molar-refractivity contribution in [3.05, 3.63) is 0 Å². The van der Waals surface area contributed by atoms with Crippen molar-refractivity contribution in [1.82, 2.24) is 0 Å². The van der Waals surface area contributed by atoms with Crippen molar-refractivity contribution < 1.29 is 14.1 Å². The lowest BCUT2D eigenvalue weighted by Gasteiger charge is -1.94. The van der Waals surface area contributed by atoms with Crippen molar-refractivity contribution in [3.63, 3.8) is 0 Å². The maximum Gasteiger partial charge on any atom is 0.304 e. The molecular formula is C5H9ClO3S. The minimum absolute atomic E-state index is 0.0382. The Hall–Kier alpha value is -0.0900. The van der Waals surface area contributed by atoms with Gasteiger partial charge in [0, 0.05) is 28.2 Å². The molecule has 0 saturated carbocycles. The average Bonchev–Trinajstić information content (AvgIpc) is 1.85. The second-order valence-corrected chi connectivity index (χ2v) is 3.75. The van der Waals surface area contributed by atoms with E-state index < -0.39 is 16.8 Å². The fourth-order valence-electron chi connectivity index (χ4n) is 0.389. The summed E-state index contributed by atoms with van der Waals surface area (Å²) in [4.78, 5) is 9.94. The number of aliphatic carboxylic acids is 1. The number of carboxylic acids is 1. The maximum absolute atomic E-state index is 10.7. The number of hydrogen-bond acceptors (Lipinski definition) is 2. The van der Waals surface area contributed by atoms with Crippen LogP contribution >= 0.6 is 11.6 Å². The summed E-state index contributed by atoms with van der Waals surface area (Å²) in [6.45, 7) is 0. The zero-order valence-electron chi connectivity index (χ0n) is 5.38. The van der Waals surface area contributed by atoms with E-state index in [0.29, 0.717) is 11.6 Å². The molecule has 0 aliphatic carbocycles. The van der Waals surface area contributed by atoms with Crippen molar-refractivity contribution in [1.29, 1.82) is 0 Å². The SMILES string of the molecule is O=C(O)CCS(=O)CCCl. The van der Waals surface area contributed by atoms with E-state index in [-0.39, 0.29) is 12.2 Å². The molecule has 0 aliphatic heterocycles. The Morgan fingerprint density at radius 1 is 1.50 bits per heavy atom. The lowest BCUT2D eigenvalue weighted by Crippen LogP contribution is -2.08. The molecule has 0 rings (SSSR count). The van der Waals surface area contributed by atoms with Gasteiger partial charge in [0.25, 0.3) is 0 Å². The average molecular weight is 185 g/mol. The van der Waals surface area contributed by atoms with E-state index >= 15 is 0 Å². The summed E-state index contributed by atoms with van der Waals surface area (Å²) >= 11 is 5.27. The van der Waals surface area contributed by atoms with Crippen LogP contribution in [0.5, 0.6) is 0 Å². The van der Waals surface area contributed by atoms with Gasteiger partial charge in [-0.3, -0.25) is 9.00 Å². The van der Waals surface area contributed by atoms with Gasteiger partial charge in [0.05, 0.1) is 6.42 Å². The van der Waals surface area contributed by atoms with Crippen molar-refractivity contribution in [2.45, 2.75) is 6.42 Å². The second kappa shape index (κ2) is 5.68. The second-order valence-electron chi connectivity index (χ2n) is 1.68. The van der Waals surface area contributed by atoms with Gasteiger partial charge in [-0.15, -0.1) is 11.6 Å². The van der Waals surface area contributed by atoms with Crippen LogP contribution in [0.25, 0.3) is 0 Å². The molecule has 1 atom stereocenters. The quantitative estimate of drug-likeness (QED) is 0.632. The predicted octanol–water partition coefficient (Wildman–Crippen LogP) is 0.449. The fourth-order valence-corrected chi connectivity index (χ4v) is 1.68. The molecule has 10 heavy (non-hydrogen) atoms. The molecule has 0 fully saturated rings. The highest BCUT2D eigenvalue weighted by atomic mass is 35.5. The van der Waals surface area contributed by atoms with E-state index in [2.05, 4.69) is 0 Å². The third kappa shape index (κ3) is 6.04. The van der Waals surface area contributed by atoms with Crippen molar-refractivity contribution in [2.75, 3.05) is 17.4 Å². The van der Waals surface area contributed by atoms with Crippen LogP contribution in [0.15, 0.2) is 0 Å². The topological polar surface area (TPSA) is 54.4 Å². The monoisotopic (exact) mass is 184 g/mol. The van der Waals surface area contributed by atoms with Gasteiger partial charge in [0.1, 0.15) is 0 Å². The largest absolute Gasteiger partial charge is 0.481 e. The van der Waals surface area contributed by atoms with Crippen molar-refractivity contribution >= 4 is 28.4 Å². The van der Waals surface area contributed by atoms with Crippen molar-refractivity contribution in [3.8, 4) is 0 Å². The zero-order chi connectivity index (χ0) is 7.98. The first-order valence-corrected chi connectivity index (χ1v) is 4.82. The summed E-state index contributed by atoms with van der Waals surface area (Å²) in [5, 5.41) is 8.16. The highest BCUT2D eigenvalue weighted by Gasteiger charge is 2.01. The molecule has 0 aromatic heterocycles. The highest BCUT2D eigenvalue weighted by Crippen LogP contribution is 1.89. The number of alkyl halides is 1. The lowest BCUT2D eigenvalue weighted by molar-refractivity contribution is -0.136.